The molecule has 1 saturated heterocycles. The summed E-state index contributed by atoms with van der Waals surface area (Å²) in [6.07, 6.45) is -1.05. The molecule has 3 amide bonds. The lowest BCUT2D eigenvalue weighted by Crippen LogP contribution is -2.42. The van der Waals surface area contributed by atoms with Gasteiger partial charge in [-0.25, -0.2) is 4.79 Å². The molecule has 2 N–H and O–H groups in total. The van der Waals surface area contributed by atoms with Gasteiger partial charge in [0.05, 0.1) is 13.7 Å². The number of hydrogen-bond donors (Lipinski definition) is 2. The van der Waals surface area contributed by atoms with Crippen LogP contribution in [-0.4, -0.2) is 55.1 Å². The number of benzene rings is 2. The molecular formula is C21H22N2O7. The second kappa shape index (κ2) is 7.75. The monoisotopic (exact) mass is 414 g/mol. The van der Waals surface area contributed by atoms with Gasteiger partial charge in [-0.05, 0) is 48.9 Å². The molecule has 9 nitrogen and oxygen atoms in total. The number of aliphatic hydroxyl groups is 1. The van der Waals surface area contributed by atoms with E-state index in [-0.39, 0.29) is 19.9 Å². The maximum absolute atomic E-state index is 13.0. The fourth-order valence-corrected chi connectivity index (χ4v) is 3.39. The highest BCUT2D eigenvalue weighted by atomic mass is 16.7. The van der Waals surface area contributed by atoms with Crippen molar-refractivity contribution in [3.05, 3.63) is 48.0 Å². The van der Waals surface area contributed by atoms with Crippen LogP contribution in [0.2, 0.25) is 0 Å². The lowest BCUT2D eigenvalue weighted by Gasteiger charge is -2.23. The van der Waals surface area contributed by atoms with E-state index in [1.807, 2.05) is 0 Å². The van der Waals surface area contributed by atoms with Crippen molar-refractivity contribution in [2.75, 3.05) is 27.1 Å². The summed E-state index contributed by atoms with van der Waals surface area (Å²) in [6.45, 7) is 1.46. The predicted molar refractivity (Wildman–Crippen MR) is 105 cm³/mol. The van der Waals surface area contributed by atoms with Gasteiger partial charge in [0.15, 0.2) is 11.5 Å². The SMILES string of the molecule is COc1ccc(OC[C@@H](O)CN2C(=O)N[C@@](C)(c3ccc4c(c3)OCO4)C2=O)cc1. The molecular weight excluding hydrogens is 392 g/mol. The number of aliphatic hydroxyl groups excluding tert-OH is 1. The van der Waals surface area contributed by atoms with Crippen molar-refractivity contribution < 1.29 is 33.6 Å². The molecule has 2 aliphatic heterocycles. The Morgan fingerprint density at radius 2 is 1.83 bits per heavy atom. The highest BCUT2D eigenvalue weighted by Crippen LogP contribution is 2.37. The number of nitrogens with one attached hydrogen (secondary N) is 1. The van der Waals surface area contributed by atoms with Crippen molar-refractivity contribution in [3.8, 4) is 23.0 Å². The summed E-state index contributed by atoms with van der Waals surface area (Å²) >= 11 is 0. The molecule has 2 aliphatic rings. The van der Waals surface area contributed by atoms with E-state index in [4.69, 9.17) is 18.9 Å². The van der Waals surface area contributed by atoms with Crippen molar-refractivity contribution in [2.45, 2.75) is 18.6 Å². The Balaban J connectivity index is 1.40. The maximum atomic E-state index is 13.0. The summed E-state index contributed by atoms with van der Waals surface area (Å²) in [5.74, 6) is 1.86. The molecule has 0 saturated carbocycles. The van der Waals surface area contributed by atoms with E-state index in [9.17, 15) is 14.7 Å². The van der Waals surface area contributed by atoms with Crippen LogP contribution in [0.15, 0.2) is 42.5 Å². The molecule has 0 bridgehead atoms. The molecule has 1 fully saturated rings. The van der Waals surface area contributed by atoms with Crippen LogP contribution in [0.1, 0.15) is 12.5 Å². The summed E-state index contributed by atoms with van der Waals surface area (Å²) in [5.41, 5.74) is -0.703. The Hall–Kier alpha value is -3.46. The third-order valence-corrected chi connectivity index (χ3v) is 5.12. The molecule has 2 atom stereocenters. The molecule has 0 aliphatic carbocycles. The first-order chi connectivity index (χ1) is 14.4. The van der Waals surface area contributed by atoms with E-state index in [0.717, 1.165) is 4.90 Å². The van der Waals surface area contributed by atoms with E-state index >= 15 is 0 Å². The number of carbonyl (C=O) groups excluding carboxylic acids is 2. The third-order valence-electron chi connectivity index (χ3n) is 5.12. The Morgan fingerprint density at radius 3 is 2.57 bits per heavy atom. The van der Waals surface area contributed by atoms with Gasteiger partial charge in [0.1, 0.15) is 29.7 Å². The fraction of sp³-hybridized carbons (Fsp3) is 0.333. The first-order valence-corrected chi connectivity index (χ1v) is 9.40. The highest BCUT2D eigenvalue weighted by molar-refractivity contribution is 6.07. The zero-order valence-corrected chi connectivity index (χ0v) is 16.6. The van der Waals surface area contributed by atoms with Crippen molar-refractivity contribution in [2.24, 2.45) is 0 Å². The van der Waals surface area contributed by atoms with Crippen LogP contribution in [0, 0.1) is 0 Å². The number of hydrogen-bond acceptors (Lipinski definition) is 7. The van der Waals surface area contributed by atoms with Crippen LogP contribution in [0.5, 0.6) is 23.0 Å². The minimum atomic E-state index is -1.27. The standard InChI is InChI=1S/C21H22N2O7/c1-21(13-3-8-17-18(9-13)30-12-29-17)19(25)23(20(26)22-21)10-14(24)11-28-16-6-4-15(27-2)5-7-16/h3-9,14,24H,10-12H2,1-2H3,(H,22,26)/t14-,21-/m0/s1. The van der Waals surface area contributed by atoms with E-state index in [2.05, 4.69) is 5.32 Å². The summed E-state index contributed by atoms with van der Waals surface area (Å²) in [5, 5.41) is 13.0. The number of urea groups is 1. The van der Waals surface area contributed by atoms with Crippen LogP contribution in [0.4, 0.5) is 4.79 Å². The minimum absolute atomic E-state index is 0.0792. The number of β-amino-alcohol motifs (C(OH)–C–C–N with tert-alkyl or cyclic N) is 1. The minimum Gasteiger partial charge on any atom is -0.497 e. The lowest BCUT2D eigenvalue weighted by atomic mass is 9.91. The molecule has 158 valence electrons. The number of rotatable bonds is 7. The Bertz CT molecular complexity index is 962. The van der Waals surface area contributed by atoms with Crippen LogP contribution >= 0.6 is 0 Å². The van der Waals surface area contributed by atoms with Gasteiger partial charge in [-0.1, -0.05) is 6.07 Å². The molecule has 0 unspecified atom stereocenters. The van der Waals surface area contributed by atoms with E-state index in [0.29, 0.717) is 28.6 Å². The first kappa shape index (κ1) is 19.8. The summed E-state index contributed by atoms with van der Waals surface area (Å²) in [7, 11) is 1.56. The van der Waals surface area contributed by atoms with Gasteiger partial charge in [-0.3, -0.25) is 9.69 Å². The molecule has 0 spiro atoms. The van der Waals surface area contributed by atoms with Crippen molar-refractivity contribution in [3.63, 3.8) is 0 Å². The number of ether oxygens (including phenoxy) is 4. The molecule has 4 rings (SSSR count). The summed E-state index contributed by atoms with van der Waals surface area (Å²) in [6, 6.07) is 11.4. The highest BCUT2D eigenvalue weighted by Gasteiger charge is 2.49. The lowest BCUT2D eigenvalue weighted by molar-refractivity contribution is -0.132. The van der Waals surface area contributed by atoms with Gasteiger partial charge in [0.25, 0.3) is 5.91 Å². The normalized spacial score (nSPS) is 20.8. The Morgan fingerprint density at radius 1 is 1.13 bits per heavy atom. The van der Waals surface area contributed by atoms with Gasteiger partial charge >= 0.3 is 6.03 Å². The smallest absolute Gasteiger partial charge is 0.325 e. The summed E-state index contributed by atoms with van der Waals surface area (Å²) in [4.78, 5) is 26.5. The van der Waals surface area contributed by atoms with Gasteiger partial charge in [-0.15, -0.1) is 0 Å². The molecule has 2 aromatic carbocycles. The van der Waals surface area contributed by atoms with E-state index in [1.165, 1.54) is 0 Å². The Kier molecular flexibility index (Phi) is 5.13. The van der Waals surface area contributed by atoms with Crippen LogP contribution in [0.3, 0.4) is 0 Å². The van der Waals surface area contributed by atoms with Gasteiger partial charge < -0.3 is 29.4 Å². The maximum Gasteiger partial charge on any atom is 0.325 e. The average molecular weight is 414 g/mol. The summed E-state index contributed by atoms with van der Waals surface area (Å²) < 4.78 is 21.3. The number of fused-ring (bicyclic) bond motifs is 1. The molecule has 2 aromatic rings. The number of nitrogens with zero attached hydrogens (tertiary/aromatic N) is 1. The number of carbonyl (C=O) groups is 2. The zero-order valence-electron chi connectivity index (χ0n) is 16.6. The largest absolute Gasteiger partial charge is 0.497 e. The third kappa shape index (κ3) is 3.59. The second-order valence-corrected chi connectivity index (χ2v) is 7.18. The van der Waals surface area contributed by atoms with Gasteiger partial charge in [-0.2, -0.15) is 0 Å². The quantitative estimate of drug-likeness (QED) is 0.663. The van der Waals surface area contributed by atoms with Gasteiger partial charge in [0.2, 0.25) is 6.79 Å². The van der Waals surface area contributed by atoms with Crippen molar-refractivity contribution >= 4 is 11.9 Å². The number of methoxy groups -OCH3 is 1. The molecule has 9 heteroatoms. The van der Waals surface area contributed by atoms with E-state index in [1.54, 1.807) is 56.5 Å². The zero-order chi connectivity index (χ0) is 21.3. The van der Waals surface area contributed by atoms with Crippen LogP contribution in [0.25, 0.3) is 0 Å². The van der Waals surface area contributed by atoms with Crippen LogP contribution in [-0.2, 0) is 10.3 Å². The molecule has 30 heavy (non-hydrogen) atoms. The van der Waals surface area contributed by atoms with E-state index < -0.39 is 23.6 Å². The topological polar surface area (TPSA) is 107 Å². The Labute approximate surface area is 173 Å². The predicted octanol–water partition coefficient (Wildman–Crippen LogP) is 1.63. The molecule has 0 radical (unpaired) electrons. The fourth-order valence-electron chi connectivity index (χ4n) is 3.39. The number of amides is 3. The van der Waals surface area contributed by atoms with Crippen LogP contribution < -0.4 is 24.3 Å². The first-order valence-electron chi connectivity index (χ1n) is 9.40. The molecule has 0 aromatic heterocycles. The average Bonchev–Trinajstić information content (AvgIpc) is 3.31. The van der Waals surface area contributed by atoms with Crippen molar-refractivity contribution in [1.29, 1.82) is 0 Å². The number of imide groups is 1. The van der Waals surface area contributed by atoms with Gasteiger partial charge in [0, 0.05) is 0 Å². The van der Waals surface area contributed by atoms with Crippen molar-refractivity contribution in [1.82, 2.24) is 10.2 Å². The second-order valence-electron chi connectivity index (χ2n) is 7.18. The molecule has 2 heterocycles.